The third-order valence-electron chi connectivity index (χ3n) is 5.63. The fourth-order valence-electron chi connectivity index (χ4n) is 4.20. The fourth-order valence-corrected chi connectivity index (χ4v) is 4.20. The van der Waals surface area contributed by atoms with E-state index in [1.165, 1.54) is 41.6 Å². The summed E-state index contributed by atoms with van der Waals surface area (Å²) in [6.45, 7) is 11.7. The summed E-state index contributed by atoms with van der Waals surface area (Å²) in [4.78, 5) is 2.72. The van der Waals surface area contributed by atoms with Crippen LogP contribution >= 0.6 is 0 Å². The molecule has 98 valence electrons. The maximum atomic E-state index is 2.72. The van der Waals surface area contributed by atoms with Crippen molar-refractivity contribution in [2.45, 2.75) is 66.0 Å². The minimum Gasteiger partial charge on any atom is -0.365 e. The van der Waals surface area contributed by atoms with E-state index in [1.54, 1.807) is 0 Å². The second-order valence-electron chi connectivity index (χ2n) is 6.86. The average molecular weight is 243 g/mol. The Morgan fingerprint density at radius 1 is 1.22 bits per heavy atom. The van der Waals surface area contributed by atoms with E-state index < -0.39 is 0 Å². The van der Waals surface area contributed by atoms with Crippen LogP contribution in [0.1, 0.15) is 49.8 Å². The summed E-state index contributed by atoms with van der Waals surface area (Å²) in [5.74, 6) is 0. The highest BCUT2D eigenvalue weighted by molar-refractivity contribution is 5.61. The molecular weight excluding hydrogens is 218 g/mol. The van der Waals surface area contributed by atoms with Gasteiger partial charge in [-0.25, -0.2) is 0 Å². The van der Waals surface area contributed by atoms with Crippen LogP contribution in [0.5, 0.6) is 0 Å². The predicted octanol–water partition coefficient (Wildman–Crippen LogP) is 4.38. The molecule has 0 aromatic heterocycles. The number of piperidine rings is 1. The lowest BCUT2D eigenvalue weighted by atomic mass is 9.82. The molecule has 1 heterocycles. The van der Waals surface area contributed by atoms with Gasteiger partial charge in [0.1, 0.15) is 0 Å². The second kappa shape index (κ2) is 3.76. The van der Waals surface area contributed by atoms with Gasteiger partial charge in [-0.2, -0.15) is 0 Å². The van der Waals surface area contributed by atoms with Crippen LogP contribution in [0.25, 0.3) is 0 Å². The first kappa shape index (κ1) is 12.1. The Kier molecular flexibility index (Phi) is 2.52. The van der Waals surface area contributed by atoms with Crippen LogP contribution in [0.2, 0.25) is 0 Å². The summed E-state index contributed by atoms with van der Waals surface area (Å²) in [5, 5.41) is 0. The van der Waals surface area contributed by atoms with E-state index in [9.17, 15) is 0 Å². The third kappa shape index (κ3) is 1.52. The van der Waals surface area contributed by atoms with Gasteiger partial charge in [0.05, 0.1) is 0 Å². The van der Waals surface area contributed by atoms with Crippen LogP contribution in [-0.2, 0) is 0 Å². The molecular formula is C17H25N. The van der Waals surface area contributed by atoms with Gasteiger partial charge in [0.2, 0.25) is 0 Å². The third-order valence-corrected chi connectivity index (χ3v) is 5.63. The molecule has 0 N–H and O–H groups in total. The lowest BCUT2D eigenvalue weighted by Crippen LogP contribution is -2.42. The first-order valence-electron chi connectivity index (χ1n) is 7.28. The van der Waals surface area contributed by atoms with Crippen LogP contribution in [0.15, 0.2) is 12.1 Å². The van der Waals surface area contributed by atoms with E-state index in [0.717, 1.165) is 6.04 Å². The zero-order valence-corrected chi connectivity index (χ0v) is 12.4. The molecule has 2 bridgehead atoms. The Morgan fingerprint density at radius 2 is 1.94 bits per heavy atom. The van der Waals surface area contributed by atoms with Crippen molar-refractivity contribution >= 4 is 5.69 Å². The van der Waals surface area contributed by atoms with Gasteiger partial charge < -0.3 is 4.90 Å². The fraction of sp³-hybridized carbons (Fsp3) is 0.647. The zero-order valence-electron chi connectivity index (χ0n) is 12.4. The SMILES string of the molecule is Cc1cc(C)c(C)c(N2C3CCC(C)(C3)[C@@H]2C)c1. The van der Waals surface area contributed by atoms with Crippen molar-refractivity contribution in [2.75, 3.05) is 4.90 Å². The normalized spacial score (nSPS) is 34.4. The number of anilines is 1. The Balaban J connectivity index is 2.07. The van der Waals surface area contributed by atoms with Gasteiger partial charge in [0.15, 0.2) is 0 Å². The Bertz CT molecular complexity index is 491. The lowest BCUT2D eigenvalue weighted by molar-refractivity contribution is 0.295. The van der Waals surface area contributed by atoms with Gasteiger partial charge in [0.25, 0.3) is 0 Å². The number of benzene rings is 1. The number of aryl methyl sites for hydroxylation is 2. The largest absolute Gasteiger partial charge is 0.365 e. The molecule has 3 atom stereocenters. The van der Waals surface area contributed by atoms with Crippen LogP contribution in [0.4, 0.5) is 5.69 Å². The second-order valence-corrected chi connectivity index (χ2v) is 6.86. The first-order valence-corrected chi connectivity index (χ1v) is 7.28. The molecule has 0 spiro atoms. The molecule has 0 radical (unpaired) electrons. The highest BCUT2D eigenvalue weighted by atomic mass is 15.2. The molecule has 0 amide bonds. The number of nitrogens with zero attached hydrogens (tertiary/aromatic N) is 1. The first-order chi connectivity index (χ1) is 8.42. The van der Waals surface area contributed by atoms with Crippen LogP contribution in [0, 0.1) is 26.2 Å². The number of fused-ring (bicyclic) bond motifs is 2. The Labute approximate surface area is 111 Å². The van der Waals surface area contributed by atoms with Gasteiger partial charge in [-0.1, -0.05) is 13.0 Å². The minimum absolute atomic E-state index is 0.550. The lowest BCUT2D eigenvalue weighted by Gasteiger charge is -2.40. The van der Waals surface area contributed by atoms with E-state index in [2.05, 4.69) is 51.7 Å². The summed E-state index contributed by atoms with van der Waals surface area (Å²) in [6.07, 6.45) is 4.19. The smallest absolute Gasteiger partial charge is 0.0406 e. The van der Waals surface area contributed by atoms with Crippen molar-refractivity contribution in [3.63, 3.8) is 0 Å². The van der Waals surface area contributed by atoms with Crippen LogP contribution in [0.3, 0.4) is 0 Å². The maximum absolute atomic E-state index is 2.72. The molecule has 1 nitrogen and oxygen atoms in total. The van der Waals surface area contributed by atoms with Crippen LogP contribution in [-0.4, -0.2) is 12.1 Å². The number of rotatable bonds is 1. The molecule has 1 aromatic carbocycles. The number of hydrogen-bond donors (Lipinski definition) is 0. The summed E-state index contributed by atoms with van der Waals surface area (Å²) in [6, 6.07) is 6.17. The minimum atomic E-state index is 0.550. The molecule has 3 rings (SSSR count). The monoisotopic (exact) mass is 243 g/mol. The molecule has 1 heteroatoms. The van der Waals surface area contributed by atoms with Crippen molar-refractivity contribution in [3.05, 3.63) is 28.8 Å². The van der Waals surface area contributed by atoms with E-state index >= 15 is 0 Å². The molecule has 1 saturated carbocycles. The summed E-state index contributed by atoms with van der Waals surface area (Å²) in [7, 11) is 0. The molecule has 1 aliphatic heterocycles. The number of hydrogen-bond acceptors (Lipinski definition) is 1. The summed E-state index contributed by atoms with van der Waals surface area (Å²) < 4.78 is 0. The predicted molar refractivity (Wildman–Crippen MR) is 78.3 cm³/mol. The highest BCUT2D eigenvalue weighted by Crippen LogP contribution is 2.53. The average Bonchev–Trinajstić information content (AvgIpc) is 2.78. The quantitative estimate of drug-likeness (QED) is 0.707. The van der Waals surface area contributed by atoms with E-state index in [0.29, 0.717) is 11.5 Å². The van der Waals surface area contributed by atoms with Crippen molar-refractivity contribution in [3.8, 4) is 0 Å². The molecule has 1 saturated heterocycles. The van der Waals surface area contributed by atoms with Crippen LogP contribution < -0.4 is 4.90 Å². The Hall–Kier alpha value is -0.980. The van der Waals surface area contributed by atoms with E-state index in [-0.39, 0.29) is 0 Å². The van der Waals surface area contributed by atoms with E-state index in [1.807, 2.05) is 0 Å². The molecule has 1 aromatic rings. The highest BCUT2D eigenvalue weighted by Gasteiger charge is 2.51. The maximum Gasteiger partial charge on any atom is 0.0406 e. The standard InChI is InChI=1S/C17H25N/c1-11-8-12(2)13(3)16(9-11)18-14(4)17(5)7-6-15(18)10-17/h8-9,14-15H,6-7,10H2,1-5H3/t14-,15?,17?/m0/s1. The summed E-state index contributed by atoms with van der Waals surface area (Å²) >= 11 is 0. The topological polar surface area (TPSA) is 3.24 Å². The van der Waals surface area contributed by atoms with Crippen molar-refractivity contribution in [2.24, 2.45) is 5.41 Å². The molecule has 2 aliphatic rings. The van der Waals surface area contributed by atoms with Gasteiger partial charge in [-0.3, -0.25) is 0 Å². The van der Waals surface area contributed by atoms with Crippen molar-refractivity contribution in [1.29, 1.82) is 0 Å². The van der Waals surface area contributed by atoms with Gasteiger partial charge in [0, 0.05) is 17.8 Å². The van der Waals surface area contributed by atoms with Gasteiger partial charge in [-0.05, 0) is 75.1 Å². The molecule has 2 fully saturated rings. The zero-order chi connectivity index (χ0) is 13.1. The molecule has 1 aliphatic carbocycles. The molecule has 18 heavy (non-hydrogen) atoms. The summed E-state index contributed by atoms with van der Waals surface area (Å²) in [5.41, 5.74) is 6.35. The van der Waals surface area contributed by atoms with Crippen molar-refractivity contribution < 1.29 is 0 Å². The van der Waals surface area contributed by atoms with Crippen molar-refractivity contribution in [1.82, 2.24) is 0 Å². The van der Waals surface area contributed by atoms with E-state index in [4.69, 9.17) is 0 Å². The van der Waals surface area contributed by atoms with Gasteiger partial charge >= 0.3 is 0 Å². The van der Waals surface area contributed by atoms with Gasteiger partial charge in [-0.15, -0.1) is 0 Å². The Morgan fingerprint density at radius 3 is 2.56 bits per heavy atom. The molecule has 2 unspecified atom stereocenters.